The number of nitrogens with one attached hydrogen (secondary N) is 1. The van der Waals surface area contributed by atoms with Crippen LogP contribution in [-0.4, -0.2) is 49.2 Å². The highest BCUT2D eigenvalue weighted by molar-refractivity contribution is 7.92. The predicted octanol–water partition coefficient (Wildman–Crippen LogP) is 5.56. The van der Waals surface area contributed by atoms with E-state index in [0.717, 1.165) is 10.6 Å². The first-order chi connectivity index (χ1) is 21.0. The highest BCUT2D eigenvalue weighted by atomic mass is 32.2. The Balaban J connectivity index is 1.50. The lowest BCUT2D eigenvalue weighted by Gasteiger charge is -2.22. The number of amides is 1. The van der Waals surface area contributed by atoms with E-state index < -0.39 is 21.7 Å². The fourth-order valence-corrected chi connectivity index (χ4v) is 5.92. The average molecular weight is 616 g/mol. The van der Waals surface area contributed by atoms with Crippen LogP contribution in [0.5, 0.6) is 5.75 Å². The number of rotatable bonds is 5. The zero-order valence-electron chi connectivity index (χ0n) is 23.6. The fraction of sp³-hybridized carbons (Fsp3) is 0.129. The molecule has 13 heteroatoms. The van der Waals surface area contributed by atoms with Crippen molar-refractivity contribution < 1.29 is 31.1 Å². The maximum absolute atomic E-state index is 14.7. The lowest BCUT2D eigenvalue weighted by molar-refractivity contribution is 0.0964. The molecule has 0 unspecified atom stereocenters. The molecule has 10 nitrogen and oxygen atoms in total. The molecule has 6 aromatic rings. The zero-order chi connectivity index (χ0) is 30.9. The summed E-state index contributed by atoms with van der Waals surface area (Å²) in [6.07, 6.45) is 2.53. The Morgan fingerprint density at radius 3 is 2.57 bits per heavy atom. The molecular weight excluding hydrogens is 592 g/mol. The molecular formula is C31H23F2N5O5S. The van der Waals surface area contributed by atoms with Gasteiger partial charge in [-0.05, 0) is 48.5 Å². The van der Waals surface area contributed by atoms with E-state index in [1.807, 2.05) is 0 Å². The molecule has 3 aromatic carbocycles. The smallest absolute Gasteiger partial charge is 0.255 e. The molecule has 1 N–H and O–H groups in total. The Hall–Kier alpha value is -5.30. The Kier molecular flexibility index (Phi) is 6.18. The van der Waals surface area contributed by atoms with Crippen molar-refractivity contribution in [1.82, 2.24) is 19.9 Å². The third-order valence-corrected chi connectivity index (χ3v) is 8.88. The number of carbonyl (C=O) groups is 1. The first-order valence-corrected chi connectivity index (χ1v) is 15.2. The first-order valence-electron chi connectivity index (χ1n) is 13.4. The van der Waals surface area contributed by atoms with Crippen LogP contribution in [0.4, 0.5) is 14.5 Å². The molecule has 0 spiro atoms. The number of furan rings is 1. The minimum Gasteiger partial charge on any atom is -0.469 e. The van der Waals surface area contributed by atoms with Crippen LogP contribution < -0.4 is 14.4 Å². The van der Waals surface area contributed by atoms with Gasteiger partial charge in [-0.25, -0.2) is 27.2 Å². The summed E-state index contributed by atoms with van der Waals surface area (Å²) < 4.78 is 68.7. The summed E-state index contributed by atoms with van der Waals surface area (Å²) in [6, 6.07) is 15.0. The van der Waals surface area contributed by atoms with E-state index in [2.05, 4.69) is 10.3 Å². The van der Waals surface area contributed by atoms with Crippen molar-refractivity contribution in [3.63, 3.8) is 0 Å². The Labute approximate surface area is 249 Å². The molecule has 0 fully saturated rings. The minimum atomic E-state index is -3.78. The van der Waals surface area contributed by atoms with Gasteiger partial charge in [-0.3, -0.25) is 9.10 Å². The van der Waals surface area contributed by atoms with E-state index >= 15 is 0 Å². The number of sulfonamides is 1. The molecule has 44 heavy (non-hydrogen) atoms. The van der Waals surface area contributed by atoms with Crippen LogP contribution in [0.2, 0.25) is 0 Å². The van der Waals surface area contributed by atoms with Crippen molar-refractivity contribution in [2.45, 2.75) is 6.73 Å². The van der Waals surface area contributed by atoms with Crippen molar-refractivity contribution in [3.8, 4) is 39.8 Å². The molecule has 3 aromatic heterocycles. The Morgan fingerprint density at radius 2 is 1.84 bits per heavy atom. The molecule has 4 heterocycles. The summed E-state index contributed by atoms with van der Waals surface area (Å²) in [5.41, 5.74) is 2.91. The zero-order valence-corrected chi connectivity index (χ0v) is 24.4. The van der Waals surface area contributed by atoms with Crippen molar-refractivity contribution in [1.29, 1.82) is 0 Å². The average Bonchev–Trinajstić information content (AvgIpc) is 3.59. The summed E-state index contributed by atoms with van der Waals surface area (Å²) in [4.78, 5) is 22.5. The predicted molar refractivity (Wildman–Crippen MR) is 161 cm³/mol. The van der Waals surface area contributed by atoms with Gasteiger partial charge in [-0.15, -0.1) is 0 Å². The molecule has 7 rings (SSSR count). The van der Waals surface area contributed by atoms with E-state index in [-0.39, 0.29) is 46.5 Å². The number of halogens is 2. The van der Waals surface area contributed by atoms with Gasteiger partial charge in [0, 0.05) is 42.1 Å². The van der Waals surface area contributed by atoms with Crippen molar-refractivity contribution in [2.75, 3.05) is 24.7 Å². The monoisotopic (exact) mass is 615 g/mol. The van der Waals surface area contributed by atoms with E-state index in [0.29, 0.717) is 39.0 Å². The van der Waals surface area contributed by atoms with Gasteiger partial charge in [0.1, 0.15) is 28.7 Å². The van der Waals surface area contributed by atoms with Gasteiger partial charge in [0.15, 0.2) is 18.3 Å². The van der Waals surface area contributed by atoms with Gasteiger partial charge < -0.3 is 19.0 Å². The van der Waals surface area contributed by atoms with Gasteiger partial charge in [0.05, 0.1) is 34.9 Å². The van der Waals surface area contributed by atoms with Crippen LogP contribution in [0.15, 0.2) is 71.3 Å². The van der Waals surface area contributed by atoms with Crippen LogP contribution in [0.1, 0.15) is 10.4 Å². The molecule has 1 aliphatic heterocycles. The molecule has 0 saturated carbocycles. The molecule has 0 saturated heterocycles. The van der Waals surface area contributed by atoms with Crippen molar-refractivity contribution in [2.24, 2.45) is 0 Å². The van der Waals surface area contributed by atoms with Crippen LogP contribution >= 0.6 is 0 Å². The second kappa shape index (κ2) is 9.88. The number of benzene rings is 3. The van der Waals surface area contributed by atoms with Crippen LogP contribution in [-0.2, 0) is 16.8 Å². The maximum atomic E-state index is 14.7. The fourth-order valence-electron chi connectivity index (χ4n) is 5.41. The normalized spacial score (nSPS) is 12.6. The standard InChI is InChI=1S/C31H23F2N5O5S/c1-34-31(39)27-20-11-19(23(37(2)44(3,40)41)13-25(20)43-29(27)16-7-9-17(32)10-8-16)30-35-14-26-28(36-30)24-12-18-21(33)5-4-6-22(18)38(24)15-42-26/h4-14H,15H2,1-3H3,(H,34,39). The van der Waals surface area contributed by atoms with Gasteiger partial charge in [-0.1, -0.05) is 6.07 Å². The van der Waals surface area contributed by atoms with E-state index in [1.54, 1.807) is 28.8 Å². The number of aromatic nitrogens is 3. The summed E-state index contributed by atoms with van der Waals surface area (Å²) in [5.74, 6) is -0.634. The lowest BCUT2D eigenvalue weighted by Crippen LogP contribution is -2.25. The summed E-state index contributed by atoms with van der Waals surface area (Å²) in [6.45, 7) is 0.128. The second-order valence-corrected chi connectivity index (χ2v) is 12.3. The largest absolute Gasteiger partial charge is 0.469 e. The van der Waals surface area contributed by atoms with Crippen LogP contribution in [0.25, 0.3) is 56.0 Å². The number of ether oxygens (including phenoxy) is 1. The van der Waals surface area contributed by atoms with E-state index in [4.69, 9.17) is 14.1 Å². The topological polar surface area (TPSA) is 120 Å². The van der Waals surface area contributed by atoms with Gasteiger partial charge >= 0.3 is 0 Å². The Bertz CT molecular complexity index is 2260. The third-order valence-electron chi connectivity index (χ3n) is 7.68. The summed E-state index contributed by atoms with van der Waals surface area (Å²) in [5, 5.41) is 3.37. The molecule has 222 valence electrons. The highest BCUT2D eigenvalue weighted by Gasteiger charge is 2.29. The van der Waals surface area contributed by atoms with Gasteiger partial charge in [0.25, 0.3) is 5.91 Å². The molecule has 0 radical (unpaired) electrons. The molecule has 0 aliphatic carbocycles. The maximum Gasteiger partial charge on any atom is 0.255 e. The van der Waals surface area contributed by atoms with E-state index in [9.17, 15) is 22.0 Å². The number of fused-ring (bicyclic) bond motifs is 6. The molecule has 0 atom stereocenters. The first kappa shape index (κ1) is 27.5. The number of hydrogen-bond acceptors (Lipinski definition) is 7. The van der Waals surface area contributed by atoms with Gasteiger partial charge in [-0.2, -0.15) is 0 Å². The number of nitrogens with zero attached hydrogens (tertiary/aromatic N) is 4. The van der Waals surface area contributed by atoms with Gasteiger partial charge in [0.2, 0.25) is 10.0 Å². The number of anilines is 1. The third kappa shape index (κ3) is 4.27. The van der Waals surface area contributed by atoms with Crippen LogP contribution in [0.3, 0.4) is 0 Å². The second-order valence-electron chi connectivity index (χ2n) is 10.3. The van der Waals surface area contributed by atoms with Crippen molar-refractivity contribution >= 4 is 43.5 Å². The SMILES string of the molecule is CNC(=O)c1c(-c2ccc(F)cc2)oc2cc(N(C)S(C)(=O)=O)c(-c3ncc4c(n3)-c3cc5c(F)cccc5n3CO4)cc12. The minimum absolute atomic E-state index is 0.128. The number of hydrogen-bond donors (Lipinski definition) is 1. The van der Waals surface area contributed by atoms with Crippen molar-refractivity contribution in [3.05, 3.63) is 84.1 Å². The lowest BCUT2D eigenvalue weighted by atomic mass is 10.0. The molecule has 0 bridgehead atoms. The number of carbonyl (C=O) groups excluding carboxylic acids is 1. The van der Waals surface area contributed by atoms with E-state index in [1.165, 1.54) is 56.7 Å². The Morgan fingerprint density at radius 1 is 1.07 bits per heavy atom. The quantitative estimate of drug-likeness (QED) is 0.270. The molecule has 1 aliphatic rings. The highest BCUT2D eigenvalue weighted by Crippen LogP contribution is 2.43. The summed E-state index contributed by atoms with van der Waals surface area (Å²) >= 11 is 0. The summed E-state index contributed by atoms with van der Waals surface area (Å²) in [7, 11) is -0.930. The van der Waals surface area contributed by atoms with Crippen LogP contribution in [0, 0.1) is 11.6 Å². The molecule has 1 amide bonds.